The van der Waals surface area contributed by atoms with Gasteiger partial charge >= 0.3 is 0 Å². The van der Waals surface area contributed by atoms with Crippen LogP contribution >= 0.6 is 0 Å². The van der Waals surface area contributed by atoms with Gasteiger partial charge in [0.1, 0.15) is 11.3 Å². The lowest BCUT2D eigenvalue weighted by Gasteiger charge is -2.00. The van der Waals surface area contributed by atoms with Crippen molar-refractivity contribution < 1.29 is 9.32 Å². The number of amides is 1. The average Bonchev–Trinajstić information content (AvgIpc) is 2.52. The number of hydrogen-bond acceptors (Lipinski definition) is 3. The minimum Gasteiger partial charge on any atom is -0.361 e. The highest BCUT2D eigenvalue weighted by Gasteiger charge is 2.10. The zero-order valence-electron chi connectivity index (χ0n) is 7.54. The van der Waals surface area contributed by atoms with Gasteiger partial charge in [-0.25, -0.2) is 0 Å². The fourth-order valence-electron chi connectivity index (χ4n) is 0.900. The maximum Gasteiger partial charge on any atom is 0.256 e. The van der Waals surface area contributed by atoms with Crippen LogP contribution in [0, 0.1) is 6.92 Å². The lowest BCUT2D eigenvalue weighted by atomic mass is 10.2. The van der Waals surface area contributed by atoms with E-state index < -0.39 is 0 Å². The predicted molar refractivity (Wildman–Crippen MR) is 48.4 cm³/mol. The molecule has 1 heterocycles. The smallest absolute Gasteiger partial charge is 0.256 e. The first-order chi connectivity index (χ1) is 6.25. The van der Waals surface area contributed by atoms with Crippen LogP contribution in [-0.2, 0) is 0 Å². The summed E-state index contributed by atoms with van der Waals surface area (Å²) in [6, 6.07) is 0. The summed E-state index contributed by atoms with van der Waals surface area (Å²) >= 11 is 0. The molecule has 13 heavy (non-hydrogen) atoms. The van der Waals surface area contributed by atoms with Crippen molar-refractivity contribution in [2.24, 2.45) is 0 Å². The third-order valence-corrected chi connectivity index (χ3v) is 1.63. The van der Waals surface area contributed by atoms with Crippen molar-refractivity contribution in [3.63, 3.8) is 0 Å². The summed E-state index contributed by atoms with van der Waals surface area (Å²) in [6.45, 7) is 5.85. The molecule has 0 fully saturated rings. The van der Waals surface area contributed by atoms with Crippen LogP contribution in [0.5, 0.6) is 0 Å². The first-order valence-corrected chi connectivity index (χ1v) is 4.06. The third kappa shape index (κ3) is 2.43. The van der Waals surface area contributed by atoms with E-state index in [2.05, 4.69) is 17.1 Å². The highest BCUT2D eigenvalue weighted by atomic mass is 16.5. The first kappa shape index (κ1) is 9.51. The zero-order chi connectivity index (χ0) is 9.68. The van der Waals surface area contributed by atoms with E-state index in [0.29, 0.717) is 17.9 Å². The van der Waals surface area contributed by atoms with Gasteiger partial charge in [-0.1, -0.05) is 11.2 Å². The SMILES string of the molecule is C=CCCNC(=O)c1cnoc1C. The van der Waals surface area contributed by atoms with Crippen LogP contribution in [0.25, 0.3) is 0 Å². The maximum absolute atomic E-state index is 11.4. The Morgan fingerprint density at radius 1 is 1.85 bits per heavy atom. The Morgan fingerprint density at radius 3 is 3.15 bits per heavy atom. The van der Waals surface area contributed by atoms with Gasteiger partial charge in [0.2, 0.25) is 0 Å². The van der Waals surface area contributed by atoms with E-state index in [0.717, 1.165) is 6.42 Å². The van der Waals surface area contributed by atoms with Crippen LogP contribution in [0.2, 0.25) is 0 Å². The second-order valence-corrected chi connectivity index (χ2v) is 2.63. The molecule has 1 aromatic heterocycles. The first-order valence-electron chi connectivity index (χ1n) is 4.06. The van der Waals surface area contributed by atoms with Crippen LogP contribution in [0.15, 0.2) is 23.4 Å². The van der Waals surface area contributed by atoms with Crippen molar-refractivity contribution >= 4 is 5.91 Å². The van der Waals surface area contributed by atoms with Crippen LogP contribution in [0.3, 0.4) is 0 Å². The second kappa shape index (κ2) is 4.45. The van der Waals surface area contributed by atoms with Crippen molar-refractivity contribution in [1.82, 2.24) is 10.5 Å². The summed E-state index contributed by atoms with van der Waals surface area (Å²) in [7, 11) is 0. The Bertz CT molecular complexity index is 304. The molecule has 1 rings (SSSR count). The third-order valence-electron chi connectivity index (χ3n) is 1.63. The summed E-state index contributed by atoms with van der Waals surface area (Å²) in [5, 5.41) is 6.23. The van der Waals surface area contributed by atoms with E-state index >= 15 is 0 Å². The standard InChI is InChI=1S/C9H12N2O2/c1-3-4-5-10-9(12)8-6-11-13-7(8)2/h3,6H,1,4-5H2,2H3,(H,10,12). The normalized spacial score (nSPS) is 9.62. The predicted octanol–water partition coefficient (Wildman–Crippen LogP) is 1.29. The van der Waals surface area contributed by atoms with Gasteiger partial charge < -0.3 is 9.84 Å². The highest BCUT2D eigenvalue weighted by molar-refractivity contribution is 5.94. The monoisotopic (exact) mass is 180 g/mol. The van der Waals surface area contributed by atoms with Crippen molar-refractivity contribution in [2.45, 2.75) is 13.3 Å². The van der Waals surface area contributed by atoms with Gasteiger partial charge in [0.25, 0.3) is 5.91 Å². The average molecular weight is 180 g/mol. The quantitative estimate of drug-likeness (QED) is 0.561. The molecular formula is C9H12N2O2. The number of carbonyl (C=O) groups is 1. The fraction of sp³-hybridized carbons (Fsp3) is 0.333. The van der Waals surface area contributed by atoms with Gasteiger partial charge in [0, 0.05) is 6.54 Å². The summed E-state index contributed by atoms with van der Waals surface area (Å²) < 4.78 is 4.76. The maximum atomic E-state index is 11.4. The molecule has 1 N–H and O–H groups in total. The highest BCUT2D eigenvalue weighted by Crippen LogP contribution is 2.04. The van der Waals surface area contributed by atoms with E-state index in [1.807, 2.05) is 0 Å². The topological polar surface area (TPSA) is 55.1 Å². The van der Waals surface area contributed by atoms with Gasteiger partial charge in [-0.3, -0.25) is 4.79 Å². The molecule has 0 saturated heterocycles. The molecule has 70 valence electrons. The summed E-state index contributed by atoms with van der Waals surface area (Å²) in [5.41, 5.74) is 0.490. The van der Waals surface area contributed by atoms with Gasteiger partial charge in [0.05, 0.1) is 6.20 Å². The Labute approximate surface area is 76.6 Å². The Balaban J connectivity index is 2.49. The number of nitrogens with zero attached hydrogens (tertiary/aromatic N) is 1. The largest absolute Gasteiger partial charge is 0.361 e. The molecule has 0 bridgehead atoms. The van der Waals surface area contributed by atoms with Gasteiger partial charge in [-0.05, 0) is 13.3 Å². The van der Waals surface area contributed by atoms with Gasteiger partial charge in [-0.2, -0.15) is 0 Å². The lowest BCUT2D eigenvalue weighted by molar-refractivity contribution is 0.0953. The molecule has 1 amide bonds. The number of carbonyl (C=O) groups excluding carboxylic acids is 1. The molecular weight excluding hydrogens is 168 g/mol. The van der Waals surface area contributed by atoms with E-state index in [1.165, 1.54) is 6.20 Å². The number of aryl methyl sites for hydroxylation is 1. The summed E-state index contributed by atoms with van der Waals surface area (Å²) in [4.78, 5) is 11.4. The molecule has 4 heteroatoms. The van der Waals surface area contributed by atoms with Crippen molar-refractivity contribution in [3.8, 4) is 0 Å². The Morgan fingerprint density at radius 2 is 2.62 bits per heavy atom. The minimum absolute atomic E-state index is 0.152. The van der Waals surface area contributed by atoms with Crippen LogP contribution in [0.4, 0.5) is 0 Å². The molecule has 1 aromatic rings. The minimum atomic E-state index is -0.152. The fourth-order valence-corrected chi connectivity index (χ4v) is 0.900. The second-order valence-electron chi connectivity index (χ2n) is 2.63. The molecule has 0 atom stereocenters. The molecule has 4 nitrogen and oxygen atoms in total. The van der Waals surface area contributed by atoms with E-state index in [-0.39, 0.29) is 5.91 Å². The van der Waals surface area contributed by atoms with Crippen molar-refractivity contribution in [1.29, 1.82) is 0 Å². The molecule has 0 aromatic carbocycles. The van der Waals surface area contributed by atoms with E-state index in [1.54, 1.807) is 13.0 Å². The van der Waals surface area contributed by atoms with Gasteiger partial charge in [0.15, 0.2) is 0 Å². The number of nitrogens with one attached hydrogen (secondary N) is 1. The molecule has 0 radical (unpaired) electrons. The summed E-state index contributed by atoms with van der Waals surface area (Å²) in [5.74, 6) is 0.386. The molecule has 0 aliphatic carbocycles. The van der Waals surface area contributed by atoms with E-state index in [9.17, 15) is 4.79 Å². The number of aromatic nitrogens is 1. The number of rotatable bonds is 4. The Hall–Kier alpha value is -1.58. The number of hydrogen-bond donors (Lipinski definition) is 1. The van der Waals surface area contributed by atoms with Crippen LogP contribution < -0.4 is 5.32 Å². The Kier molecular flexibility index (Phi) is 3.25. The van der Waals surface area contributed by atoms with E-state index in [4.69, 9.17) is 4.52 Å². The van der Waals surface area contributed by atoms with Crippen molar-refractivity contribution in [2.75, 3.05) is 6.54 Å². The van der Waals surface area contributed by atoms with Crippen molar-refractivity contribution in [3.05, 3.63) is 30.2 Å². The molecule has 0 saturated carbocycles. The summed E-state index contributed by atoms with van der Waals surface area (Å²) in [6.07, 6.45) is 3.93. The van der Waals surface area contributed by atoms with Crippen LogP contribution in [0.1, 0.15) is 22.5 Å². The molecule has 0 spiro atoms. The van der Waals surface area contributed by atoms with Gasteiger partial charge in [-0.15, -0.1) is 6.58 Å². The lowest BCUT2D eigenvalue weighted by Crippen LogP contribution is -2.24. The zero-order valence-corrected chi connectivity index (χ0v) is 7.54. The molecule has 0 aliphatic rings. The molecule has 0 aliphatic heterocycles. The molecule has 0 unspecified atom stereocenters. The van der Waals surface area contributed by atoms with Crippen LogP contribution in [-0.4, -0.2) is 17.6 Å².